The molecule has 0 bridgehead atoms. The molecule has 3 amide bonds. The van der Waals surface area contributed by atoms with Crippen LogP contribution in [0.3, 0.4) is 0 Å². The topological polar surface area (TPSA) is 185 Å². The zero-order chi connectivity index (χ0) is 29.1. The van der Waals surface area contributed by atoms with Crippen molar-refractivity contribution in [2.45, 2.75) is 23.0 Å². The molecule has 3 aromatic heterocycles. The number of carbonyl (C=O) groups excluding carboxylic acids is 3. The Hall–Kier alpha value is -4.09. The first-order valence-corrected chi connectivity index (χ1v) is 15.1. The van der Waals surface area contributed by atoms with Crippen molar-refractivity contribution in [2.75, 3.05) is 30.9 Å². The maximum Gasteiger partial charge on any atom is 0.352 e. The van der Waals surface area contributed by atoms with Crippen LogP contribution in [-0.2, 0) is 30.6 Å². The summed E-state index contributed by atoms with van der Waals surface area (Å²) in [6.45, 7) is 0.791. The number of nitrogens with two attached hydrogens (primary N) is 1. The van der Waals surface area contributed by atoms with Gasteiger partial charge in [-0.25, -0.2) is 14.3 Å². The van der Waals surface area contributed by atoms with E-state index in [1.807, 2.05) is 39.6 Å². The number of pyridine rings is 1. The number of oxime groups is 1. The van der Waals surface area contributed by atoms with Crippen molar-refractivity contribution >= 4 is 75.5 Å². The van der Waals surface area contributed by atoms with Gasteiger partial charge in [-0.3, -0.25) is 19.3 Å². The molecule has 0 aromatic carbocycles. The first-order chi connectivity index (χ1) is 19.8. The molecule has 0 unspecified atom stereocenters. The molecule has 5 N–H and O–H groups in total. The highest BCUT2D eigenvalue weighted by atomic mass is 32.2. The first kappa shape index (κ1) is 28.4. The van der Waals surface area contributed by atoms with E-state index in [2.05, 4.69) is 20.8 Å². The zero-order valence-corrected chi connectivity index (χ0v) is 24.0. The minimum atomic E-state index is -1.22. The number of hydrogen-bond donors (Lipinski definition) is 4. The van der Waals surface area contributed by atoms with E-state index < -0.39 is 29.2 Å². The van der Waals surface area contributed by atoms with Gasteiger partial charge in [-0.05, 0) is 12.1 Å². The van der Waals surface area contributed by atoms with Crippen LogP contribution in [0.5, 0.6) is 0 Å². The number of carboxylic acid groups (broad SMARTS) is 1. The Morgan fingerprint density at radius 3 is 2.95 bits per heavy atom. The Bertz CT molecular complexity index is 1580. The van der Waals surface area contributed by atoms with Crippen LogP contribution in [0.4, 0.5) is 5.13 Å². The number of carbonyl (C=O) groups is 4. The van der Waals surface area contributed by atoms with E-state index >= 15 is 0 Å². The Morgan fingerprint density at radius 1 is 1.41 bits per heavy atom. The van der Waals surface area contributed by atoms with Crippen molar-refractivity contribution in [3.05, 3.63) is 52.9 Å². The normalized spacial score (nSPS) is 18.6. The molecule has 2 atom stereocenters. The van der Waals surface area contributed by atoms with Crippen LogP contribution in [0.25, 0.3) is 5.65 Å². The van der Waals surface area contributed by atoms with Gasteiger partial charge in [-0.15, -0.1) is 23.1 Å². The SMILES string of the molecule is CO/N=C(\C(=O)N[C@@H]1C(=O)N2C(C(=O)O)=C(C[n+]3ccn4c(SCCNC=O)cccc43)CS[C@H]12)c1csc(N)n1. The number of fused-ring (bicyclic) bond motifs is 2. The van der Waals surface area contributed by atoms with Gasteiger partial charge in [0.1, 0.15) is 48.9 Å². The summed E-state index contributed by atoms with van der Waals surface area (Å²) in [6.07, 6.45) is 4.41. The van der Waals surface area contributed by atoms with Gasteiger partial charge >= 0.3 is 5.97 Å². The van der Waals surface area contributed by atoms with Gasteiger partial charge in [0.05, 0.1) is 0 Å². The minimum Gasteiger partial charge on any atom is -0.477 e. The zero-order valence-electron chi connectivity index (χ0n) is 21.6. The number of anilines is 1. The van der Waals surface area contributed by atoms with Crippen molar-refractivity contribution in [1.29, 1.82) is 0 Å². The molecule has 17 heteroatoms. The Morgan fingerprint density at radius 2 is 2.24 bits per heavy atom. The lowest BCUT2D eigenvalue weighted by atomic mass is 10.0. The molecule has 5 rings (SSSR count). The maximum absolute atomic E-state index is 13.2. The predicted octanol–water partition coefficient (Wildman–Crippen LogP) is -0.107. The Kier molecular flexibility index (Phi) is 8.46. The average molecular weight is 618 g/mol. The smallest absolute Gasteiger partial charge is 0.352 e. The number of nitrogens with zero attached hydrogens (tertiary/aromatic N) is 5. The molecule has 41 heavy (non-hydrogen) atoms. The molecule has 5 heterocycles. The van der Waals surface area contributed by atoms with Crippen LogP contribution >= 0.6 is 34.9 Å². The van der Waals surface area contributed by atoms with Crippen LogP contribution in [0.1, 0.15) is 5.69 Å². The van der Waals surface area contributed by atoms with Gasteiger partial charge in [-0.1, -0.05) is 16.9 Å². The van der Waals surface area contributed by atoms with Crippen LogP contribution in [0.15, 0.2) is 57.4 Å². The lowest BCUT2D eigenvalue weighted by molar-refractivity contribution is -0.662. The van der Waals surface area contributed by atoms with E-state index in [4.69, 9.17) is 10.6 Å². The molecular formula is C24H25N8O6S3+. The molecule has 0 spiro atoms. The van der Waals surface area contributed by atoms with E-state index in [1.165, 1.54) is 23.8 Å². The fraction of sp³-hybridized carbons (Fsp3) is 0.292. The minimum absolute atomic E-state index is 0.0837. The molecule has 14 nitrogen and oxygen atoms in total. The van der Waals surface area contributed by atoms with E-state index in [0.717, 1.165) is 22.0 Å². The quantitative estimate of drug-likeness (QED) is 0.0407. The second kappa shape index (κ2) is 12.2. The van der Waals surface area contributed by atoms with Crippen LogP contribution in [0, 0.1) is 0 Å². The standard InChI is InChI=1S/C24H24N8O6S3/c1-38-29-17(14-11-41-24(25)27-14)20(34)28-18-21(35)32-19(23(36)37)13(10-40-22(18)32)9-30-6-7-31-15(30)3-2-4-16(31)39-8-5-26-12-33/h2-4,6-7,11-12,18,22H,5,8-10H2,1H3,(H4-,25,26,27,28,33,34,36,37)/p+1/b29-17-/t18-,22-/m1/s1. The van der Waals surface area contributed by atoms with Crippen molar-refractivity contribution in [3.63, 3.8) is 0 Å². The summed E-state index contributed by atoms with van der Waals surface area (Å²) in [7, 11) is 1.28. The molecule has 3 aromatic rings. The van der Waals surface area contributed by atoms with E-state index in [1.54, 1.807) is 17.1 Å². The summed E-state index contributed by atoms with van der Waals surface area (Å²) in [5, 5.41) is 21.3. The molecule has 0 saturated carbocycles. The lowest BCUT2D eigenvalue weighted by Crippen LogP contribution is -2.71. The van der Waals surface area contributed by atoms with Gasteiger partial charge in [0.25, 0.3) is 17.5 Å². The molecule has 1 saturated heterocycles. The number of carboxylic acids is 1. The number of hydrogen-bond acceptors (Lipinski definition) is 11. The van der Waals surface area contributed by atoms with Gasteiger partial charge in [0.2, 0.25) is 6.41 Å². The Labute approximate surface area is 245 Å². The summed E-state index contributed by atoms with van der Waals surface area (Å²) in [5.74, 6) is -1.40. The highest BCUT2D eigenvalue weighted by Gasteiger charge is 2.54. The number of aromatic nitrogens is 3. The second-order valence-electron chi connectivity index (χ2n) is 8.75. The molecule has 214 valence electrons. The third-order valence-electron chi connectivity index (χ3n) is 6.30. The van der Waals surface area contributed by atoms with Gasteiger partial charge < -0.3 is 26.3 Å². The second-order valence-corrected chi connectivity index (χ2v) is 11.9. The lowest BCUT2D eigenvalue weighted by Gasteiger charge is -2.49. The van der Waals surface area contributed by atoms with Crippen LogP contribution in [-0.4, -0.2) is 85.9 Å². The number of aliphatic carboxylic acids is 1. The number of imidazole rings is 1. The van der Waals surface area contributed by atoms with E-state index in [9.17, 15) is 24.3 Å². The average Bonchev–Trinajstić information content (AvgIpc) is 3.58. The highest BCUT2D eigenvalue weighted by Crippen LogP contribution is 2.40. The Balaban J connectivity index is 1.34. The van der Waals surface area contributed by atoms with Gasteiger partial charge in [0.15, 0.2) is 15.9 Å². The van der Waals surface area contributed by atoms with E-state index in [0.29, 0.717) is 30.0 Å². The summed E-state index contributed by atoms with van der Waals surface area (Å²) in [5.41, 5.74) is 7.07. The fourth-order valence-corrected chi connectivity index (χ4v) is 7.31. The van der Waals surface area contributed by atoms with Crippen LogP contribution in [0.2, 0.25) is 0 Å². The number of nitrogen functional groups attached to an aromatic ring is 1. The highest BCUT2D eigenvalue weighted by molar-refractivity contribution is 8.00. The maximum atomic E-state index is 13.2. The van der Waals surface area contributed by atoms with E-state index in [-0.39, 0.29) is 28.8 Å². The third kappa shape index (κ3) is 5.59. The number of amides is 3. The molecule has 0 radical (unpaired) electrons. The summed E-state index contributed by atoms with van der Waals surface area (Å²) >= 11 is 4.08. The van der Waals surface area contributed by atoms with Crippen molar-refractivity contribution in [2.24, 2.45) is 5.16 Å². The van der Waals surface area contributed by atoms with Crippen LogP contribution < -0.4 is 20.9 Å². The van der Waals surface area contributed by atoms with Gasteiger partial charge in [0, 0.05) is 35.1 Å². The summed E-state index contributed by atoms with van der Waals surface area (Å²) < 4.78 is 3.91. The number of thioether (sulfide) groups is 2. The molecule has 1 fully saturated rings. The largest absolute Gasteiger partial charge is 0.477 e. The van der Waals surface area contributed by atoms with Crippen molar-refractivity contribution < 1.29 is 33.7 Å². The molecule has 0 aliphatic carbocycles. The predicted molar refractivity (Wildman–Crippen MR) is 152 cm³/mol. The molecular weight excluding hydrogens is 593 g/mol. The number of thiazole rings is 1. The molecule has 2 aliphatic heterocycles. The monoisotopic (exact) mass is 617 g/mol. The van der Waals surface area contributed by atoms with Gasteiger partial charge in [-0.2, -0.15) is 4.40 Å². The number of β-lactam (4-membered cyclic amide) rings is 1. The molecule has 2 aliphatic rings. The summed E-state index contributed by atoms with van der Waals surface area (Å²) in [6, 6.07) is 4.85. The number of nitrogens with one attached hydrogen (secondary N) is 2. The third-order valence-corrected chi connectivity index (χ3v) is 9.35. The van der Waals surface area contributed by atoms with Crippen molar-refractivity contribution in [3.8, 4) is 0 Å². The van der Waals surface area contributed by atoms with Crippen molar-refractivity contribution in [1.82, 2.24) is 24.9 Å². The first-order valence-electron chi connectivity index (χ1n) is 12.2. The summed E-state index contributed by atoms with van der Waals surface area (Å²) in [4.78, 5) is 59.1. The fourth-order valence-electron chi connectivity index (χ4n) is 4.53. The number of rotatable bonds is 12.